The molecule has 0 aliphatic carbocycles. The number of benzene rings is 1. The highest BCUT2D eigenvalue weighted by Crippen LogP contribution is 2.24. The van der Waals surface area contributed by atoms with Crippen LogP contribution >= 0.6 is 0 Å². The van der Waals surface area contributed by atoms with Crippen LogP contribution in [0.2, 0.25) is 0 Å². The zero-order chi connectivity index (χ0) is 14.7. The van der Waals surface area contributed by atoms with E-state index < -0.39 is 17.8 Å². The summed E-state index contributed by atoms with van der Waals surface area (Å²) in [5, 5.41) is 0. The molecular formula is C14H17FN2O3. The maximum absolute atomic E-state index is 13.0. The zero-order valence-corrected chi connectivity index (χ0v) is 11.3. The smallest absolute Gasteiger partial charge is 0.328 e. The summed E-state index contributed by atoms with van der Waals surface area (Å²) in [5.74, 6) is -1.26. The number of nitrogens with zero attached hydrogens (tertiary/aromatic N) is 1. The number of hydrogen-bond acceptors (Lipinski definition) is 4. The minimum Gasteiger partial charge on any atom is -0.464 e. The van der Waals surface area contributed by atoms with Crippen molar-refractivity contribution in [2.45, 2.75) is 25.8 Å². The van der Waals surface area contributed by atoms with Crippen LogP contribution in [0.4, 0.5) is 10.1 Å². The third kappa shape index (κ3) is 2.74. The molecule has 108 valence electrons. The molecular weight excluding hydrogens is 263 g/mol. The Morgan fingerprint density at radius 3 is 2.90 bits per heavy atom. The van der Waals surface area contributed by atoms with Crippen LogP contribution in [0.15, 0.2) is 18.2 Å². The number of carbonyl (C=O) groups is 2. The van der Waals surface area contributed by atoms with E-state index in [9.17, 15) is 14.0 Å². The van der Waals surface area contributed by atoms with Crippen molar-refractivity contribution in [3.63, 3.8) is 0 Å². The number of halogens is 1. The van der Waals surface area contributed by atoms with Crippen molar-refractivity contribution in [3.05, 3.63) is 29.6 Å². The summed E-state index contributed by atoms with van der Waals surface area (Å²) >= 11 is 0. The van der Waals surface area contributed by atoms with Crippen LogP contribution in [0.3, 0.4) is 0 Å². The normalized spacial score (nSPS) is 18.1. The SMILES string of the molecule is CCOC(=O)C1CCCN1C(=O)c1ccc(F)cc1N. The quantitative estimate of drug-likeness (QED) is 0.674. The van der Waals surface area contributed by atoms with Gasteiger partial charge in [0.2, 0.25) is 0 Å². The van der Waals surface area contributed by atoms with E-state index in [0.29, 0.717) is 13.0 Å². The van der Waals surface area contributed by atoms with Gasteiger partial charge in [-0.2, -0.15) is 0 Å². The molecule has 0 aromatic heterocycles. The molecule has 2 rings (SSSR count). The molecule has 0 saturated carbocycles. The van der Waals surface area contributed by atoms with E-state index in [4.69, 9.17) is 10.5 Å². The van der Waals surface area contributed by atoms with Gasteiger partial charge >= 0.3 is 5.97 Å². The van der Waals surface area contributed by atoms with Gasteiger partial charge in [0.15, 0.2) is 0 Å². The number of nitrogens with two attached hydrogens (primary N) is 1. The molecule has 5 nitrogen and oxygen atoms in total. The second-order valence-corrected chi connectivity index (χ2v) is 4.64. The predicted molar refractivity (Wildman–Crippen MR) is 71.5 cm³/mol. The van der Waals surface area contributed by atoms with Crippen molar-refractivity contribution in [1.82, 2.24) is 4.90 Å². The molecule has 0 radical (unpaired) electrons. The first-order valence-electron chi connectivity index (χ1n) is 6.57. The van der Waals surface area contributed by atoms with Gasteiger partial charge in [-0.3, -0.25) is 4.79 Å². The Kier molecular flexibility index (Phi) is 4.22. The van der Waals surface area contributed by atoms with E-state index in [1.807, 2.05) is 0 Å². The van der Waals surface area contributed by atoms with E-state index in [0.717, 1.165) is 12.5 Å². The summed E-state index contributed by atoms with van der Waals surface area (Å²) < 4.78 is 18.0. The van der Waals surface area contributed by atoms with Crippen LogP contribution in [-0.4, -0.2) is 36.0 Å². The lowest BCUT2D eigenvalue weighted by Crippen LogP contribution is -2.41. The Balaban J connectivity index is 2.21. The number of carbonyl (C=O) groups excluding carboxylic acids is 2. The average Bonchev–Trinajstić information content (AvgIpc) is 2.87. The van der Waals surface area contributed by atoms with E-state index in [2.05, 4.69) is 0 Å². The number of anilines is 1. The van der Waals surface area contributed by atoms with Gasteiger partial charge in [0, 0.05) is 12.2 Å². The number of likely N-dealkylation sites (tertiary alicyclic amines) is 1. The largest absolute Gasteiger partial charge is 0.464 e. The van der Waals surface area contributed by atoms with Crippen molar-refractivity contribution >= 4 is 17.6 Å². The Morgan fingerprint density at radius 2 is 2.25 bits per heavy atom. The van der Waals surface area contributed by atoms with Crippen LogP contribution < -0.4 is 5.73 Å². The Hall–Kier alpha value is -2.11. The van der Waals surface area contributed by atoms with Gasteiger partial charge in [-0.1, -0.05) is 0 Å². The van der Waals surface area contributed by atoms with Gasteiger partial charge in [-0.15, -0.1) is 0 Å². The molecule has 6 heteroatoms. The molecule has 1 aliphatic heterocycles. The molecule has 1 amide bonds. The number of amides is 1. The second-order valence-electron chi connectivity index (χ2n) is 4.64. The van der Waals surface area contributed by atoms with Crippen LogP contribution in [0.1, 0.15) is 30.1 Å². The van der Waals surface area contributed by atoms with E-state index in [-0.39, 0.29) is 23.8 Å². The van der Waals surface area contributed by atoms with Gasteiger partial charge in [0.1, 0.15) is 11.9 Å². The van der Waals surface area contributed by atoms with E-state index >= 15 is 0 Å². The van der Waals surface area contributed by atoms with E-state index in [1.165, 1.54) is 17.0 Å². The summed E-state index contributed by atoms with van der Waals surface area (Å²) in [5.41, 5.74) is 5.95. The molecule has 1 aromatic carbocycles. The fraction of sp³-hybridized carbons (Fsp3) is 0.429. The molecule has 20 heavy (non-hydrogen) atoms. The lowest BCUT2D eigenvalue weighted by atomic mass is 10.1. The maximum Gasteiger partial charge on any atom is 0.328 e. The number of esters is 1. The standard InChI is InChI=1S/C14H17FN2O3/c1-2-20-14(19)12-4-3-7-17(12)13(18)10-6-5-9(15)8-11(10)16/h5-6,8,12H,2-4,7,16H2,1H3. The molecule has 1 heterocycles. The summed E-state index contributed by atoms with van der Waals surface area (Å²) in [7, 11) is 0. The average molecular weight is 280 g/mol. The third-order valence-electron chi connectivity index (χ3n) is 3.32. The molecule has 1 atom stereocenters. The summed E-state index contributed by atoms with van der Waals surface area (Å²) in [6, 6.07) is 3.04. The first-order valence-corrected chi connectivity index (χ1v) is 6.57. The van der Waals surface area contributed by atoms with Crippen molar-refractivity contribution in [3.8, 4) is 0 Å². The maximum atomic E-state index is 13.0. The Morgan fingerprint density at radius 1 is 1.50 bits per heavy atom. The molecule has 1 aliphatic rings. The highest BCUT2D eigenvalue weighted by molar-refractivity contribution is 6.01. The fourth-order valence-electron chi connectivity index (χ4n) is 2.38. The summed E-state index contributed by atoms with van der Waals surface area (Å²) in [4.78, 5) is 25.7. The second kappa shape index (κ2) is 5.90. The lowest BCUT2D eigenvalue weighted by Gasteiger charge is -2.23. The summed E-state index contributed by atoms with van der Waals surface area (Å²) in [6.45, 7) is 2.46. The third-order valence-corrected chi connectivity index (χ3v) is 3.32. The minimum absolute atomic E-state index is 0.0736. The number of nitrogen functional groups attached to an aromatic ring is 1. The molecule has 1 aromatic rings. The molecule has 1 unspecified atom stereocenters. The lowest BCUT2D eigenvalue weighted by molar-refractivity contribution is -0.147. The zero-order valence-electron chi connectivity index (χ0n) is 11.3. The first kappa shape index (κ1) is 14.3. The van der Waals surface area contributed by atoms with Gasteiger partial charge < -0.3 is 15.4 Å². The van der Waals surface area contributed by atoms with Crippen molar-refractivity contribution in [2.75, 3.05) is 18.9 Å². The molecule has 2 N–H and O–H groups in total. The Bertz CT molecular complexity index is 533. The minimum atomic E-state index is -0.577. The van der Waals surface area contributed by atoms with Crippen LogP contribution in [-0.2, 0) is 9.53 Å². The van der Waals surface area contributed by atoms with E-state index in [1.54, 1.807) is 6.92 Å². The monoisotopic (exact) mass is 280 g/mol. The van der Waals surface area contributed by atoms with Crippen molar-refractivity contribution in [2.24, 2.45) is 0 Å². The van der Waals surface area contributed by atoms with Crippen molar-refractivity contribution in [1.29, 1.82) is 0 Å². The predicted octanol–water partition coefficient (Wildman–Crippen LogP) is 1.58. The van der Waals surface area contributed by atoms with Gasteiger partial charge in [0.05, 0.1) is 12.2 Å². The number of hydrogen-bond donors (Lipinski definition) is 1. The molecule has 1 saturated heterocycles. The van der Waals surface area contributed by atoms with Crippen LogP contribution in [0.5, 0.6) is 0 Å². The highest BCUT2D eigenvalue weighted by atomic mass is 19.1. The van der Waals surface area contributed by atoms with Gasteiger partial charge in [-0.05, 0) is 38.0 Å². The highest BCUT2D eigenvalue weighted by Gasteiger charge is 2.36. The molecule has 0 spiro atoms. The molecule has 0 bridgehead atoms. The van der Waals surface area contributed by atoms with Gasteiger partial charge in [-0.25, -0.2) is 9.18 Å². The first-order chi connectivity index (χ1) is 9.54. The van der Waals surface area contributed by atoms with Crippen LogP contribution in [0.25, 0.3) is 0 Å². The summed E-state index contributed by atoms with van der Waals surface area (Å²) in [6.07, 6.45) is 1.31. The van der Waals surface area contributed by atoms with Gasteiger partial charge in [0.25, 0.3) is 5.91 Å². The molecule has 1 fully saturated rings. The number of rotatable bonds is 3. The van der Waals surface area contributed by atoms with Crippen LogP contribution in [0, 0.1) is 5.82 Å². The number of ether oxygens (including phenoxy) is 1. The topological polar surface area (TPSA) is 72.6 Å². The fourth-order valence-corrected chi connectivity index (χ4v) is 2.38. The van der Waals surface area contributed by atoms with Crippen molar-refractivity contribution < 1.29 is 18.7 Å². The Labute approximate surface area is 116 Å².